The van der Waals surface area contributed by atoms with Crippen molar-refractivity contribution in [3.8, 4) is 28.1 Å². The fourth-order valence-corrected chi connectivity index (χ4v) is 4.73. The van der Waals surface area contributed by atoms with Crippen LogP contribution in [-0.2, 0) is 12.8 Å². The minimum atomic E-state index is -0.158. The minimum absolute atomic E-state index is 0.158. The molecule has 0 aliphatic heterocycles. The standard InChI is InChI=1S/C26H22FN5/c1-2-3-4-16-5-7-17(8-6-16)20-11-9-18-13-22-21-14-19(32-15-28-30-31-32)10-12-23(21)29-26(22)24(18)25(20)27/h5-12,14-15,29H,2-4,13H2,1H3. The number of unbranched alkanes of at least 4 members (excludes halogenated alkanes) is 1. The lowest BCUT2D eigenvalue weighted by Crippen LogP contribution is -1.95. The van der Waals surface area contributed by atoms with Gasteiger partial charge in [0.25, 0.3) is 0 Å². The van der Waals surface area contributed by atoms with Crippen LogP contribution in [0.25, 0.3) is 39.0 Å². The number of aromatic amines is 1. The molecule has 5 aromatic rings. The van der Waals surface area contributed by atoms with Gasteiger partial charge in [0, 0.05) is 28.5 Å². The number of aryl methyl sites for hydroxylation is 1. The molecule has 6 heteroatoms. The van der Waals surface area contributed by atoms with Gasteiger partial charge in [-0.25, -0.2) is 9.07 Å². The lowest BCUT2D eigenvalue weighted by molar-refractivity contribution is 0.634. The Morgan fingerprint density at radius 3 is 2.72 bits per heavy atom. The molecular formula is C26H22FN5. The Balaban J connectivity index is 1.42. The Kier molecular flexibility index (Phi) is 4.38. The Morgan fingerprint density at radius 1 is 1.06 bits per heavy atom. The van der Waals surface area contributed by atoms with Gasteiger partial charge in [0.1, 0.15) is 12.1 Å². The van der Waals surface area contributed by atoms with E-state index in [1.54, 1.807) is 11.0 Å². The van der Waals surface area contributed by atoms with Crippen molar-refractivity contribution in [1.29, 1.82) is 0 Å². The van der Waals surface area contributed by atoms with Crippen LogP contribution in [0.3, 0.4) is 0 Å². The zero-order valence-corrected chi connectivity index (χ0v) is 17.8. The molecule has 0 saturated heterocycles. The maximum Gasteiger partial charge on any atom is 0.143 e. The molecule has 158 valence electrons. The average Bonchev–Trinajstić information content (AvgIpc) is 3.54. The Labute approximate surface area is 184 Å². The quantitative estimate of drug-likeness (QED) is 0.378. The van der Waals surface area contributed by atoms with Gasteiger partial charge < -0.3 is 4.98 Å². The summed E-state index contributed by atoms with van der Waals surface area (Å²) in [6.45, 7) is 2.19. The molecule has 0 amide bonds. The van der Waals surface area contributed by atoms with E-state index in [0.29, 0.717) is 17.5 Å². The molecule has 0 radical (unpaired) electrons. The van der Waals surface area contributed by atoms with E-state index in [1.165, 1.54) is 18.4 Å². The van der Waals surface area contributed by atoms with E-state index < -0.39 is 0 Å². The van der Waals surface area contributed by atoms with E-state index in [9.17, 15) is 0 Å². The second-order valence-electron chi connectivity index (χ2n) is 8.40. The molecule has 6 rings (SSSR count). The maximum atomic E-state index is 15.8. The van der Waals surface area contributed by atoms with Gasteiger partial charge >= 0.3 is 0 Å². The van der Waals surface area contributed by atoms with E-state index in [1.807, 2.05) is 30.3 Å². The number of fused-ring (bicyclic) bond motifs is 5. The molecule has 5 nitrogen and oxygen atoms in total. The number of halogens is 1. The molecule has 0 saturated carbocycles. The molecule has 1 aliphatic carbocycles. The van der Waals surface area contributed by atoms with Crippen molar-refractivity contribution in [3.63, 3.8) is 0 Å². The van der Waals surface area contributed by atoms with Gasteiger partial charge in [0.15, 0.2) is 0 Å². The molecule has 0 atom stereocenters. The van der Waals surface area contributed by atoms with Crippen LogP contribution >= 0.6 is 0 Å². The first kappa shape index (κ1) is 18.9. The van der Waals surface area contributed by atoms with Crippen LogP contribution in [0.4, 0.5) is 4.39 Å². The third-order valence-corrected chi connectivity index (χ3v) is 6.43. The fraction of sp³-hybridized carbons (Fsp3) is 0.192. The van der Waals surface area contributed by atoms with Crippen LogP contribution in [0.15, 0.2) is 60.9 Å². The second kappa shape index (κ2) is 7.41. The summed E-state index contributed by atoms with van der Waals surface area (Å²) < 4.78 is 17.5. The first-order valence-corrected chi connectivity index (χ1v) is 11.0. The number of nitrogens with one attached hydrogen (secondary N) is 1. The van der Waals surface area contributed by atoms with Gasteiger partial charge in [0.2, 0.25) is 0 Å². The van der Waals surface area contributed by atoms with Crippen LogP contribution < -0.4 is 0 Å². The molecular weight excluding hydrogens is 401 g/mol. The van der Waals surface area contributed by atoms with Gasteiger partial charge in [-0.2, -0.15) is 0 Å². The number of tetrazole rings is 1. The predicted octanol–water partition coefficient (Wildman–Crippen LogP) is 5.86. The van der Waals surface area contributed by atoms with Crippen LogP contribution in [-0.4, -0.2) is 25.2 Å². The highest BCUT2D eigenvalue weighted by molar-refractivity contribution is 5.96. The summed E-state index contributed by atoms with van der Waals surface area (Å²) in [5.74, 6) is -0.158. The van der Waals surface area contributed by atoms with Crippen LogP contribution in [0.2, 0.25) is 0 Å². The highest BCUT2D eigenvalue weighted by Gasteiger charge is 2.28. The zero-order valence-electron chi connectivity index (χ0n) is 17.8. The molecule has 0 bridgehead atoms. The van der Waals surface area contributed by atoms with Crippen molar-refractivity contribution in [2.75, 3.05) is 0 Å². The zero-order chi connectivity index (χ0) is 21.7. The Bertz CT molecular complexity index is 1430. The molecule has 0 spiro atoms. The van der Waals surface area contributed by atoms with Gasteiger partial charge in [-0.1, -0.05) is 49.7 Å². The lowest BCUT2D eigenvalue weighted by atomic mass is 9.97. The molecule has 2 heterocycles. The Morgan fingerprint density at radius 2 is 1.94 bits per heavy atom. The second-order valence-corrected chi connectivity index (χ2v) is 8.40. The molecule has 0 fully saturated rings. The largest absolute Gasteiger partial charge is 0.354 e. The van der Waals surface area contributed by atoms with E-state index in [4.69, 9.17) is 0 Å². The summed E-state index contributed by atoms with van der Waals surface area (Å²) >= 11 is 0. The van der Waals surface area contributed by atoms with Gasteiger partial charge in [-0.05, 0) is 63.7 Å². The van der Waals surface area contributed by atoms with Gasteiger partial charge in [0.05, 0.1) is 11.4 Å². The highest BCUT2D eigenvalue weighted by atomic mass is 19.1. The summed E-state index contributed by atoms with van der Waals surface area (Å²) in [6.07, 6.45) is 5.68. The van der Waals surface area contributed by atoms with Crippen molar-refractivity contribution >= 4 is 10.9 Å². The van der Waals surface area contributed by atoms with E-state index >= 15 is 4.39 Å². The van der Waals surface area contributed by atoms with Gasteiger partial charge in [-0.15, -0.1) is 5.10 Å². The van der Waals surface area contributed by atoms with E-state index in [-0.39, 0.29) is 5.82 Å². The number of benzene rings is 3. The molecule has 2 aromatic heterocycles. The lowest BCUT2D eigenvalue weighted by Gasteiger charge is -2.10. The molecule has 32 heavy (non-hydrogen) atoms. The minimum Gasteiger partial charge on any atom is -0.354 e. The first-order valence-electron chi connectivity index (χ1n) is 11.0. The molecule has 1 N–H and O–H groups in total. The summed E-state index contributed by atoms with van der Waals surface area (Å²) in [7, 11) is 0. The number of hydrogen-bond donors (Lipinski definition) is 1. The van der Waals surface area contributed by atoms with E-state index in [0.717, 1.165) is 45.4 Å². The molecule has 3 aromatic carbocycles. The monoisotopic (exact) mass is 423 g/mol. The van der Waals surface area contributed by atoms with Crippen LogP contribution in [0.5, 0.6) is 0 Å². The third kappa shape index (κ3) is 2.94. The predicted molar refractivity (Wildman–Crippen MR) is 123 cm³/mol. The van der Waals surface area contributed by atoms with Crippen molar-refractivity contribution in [2.24, 2.45) is 0 Å². The van der Waals surface area contributed by atoms with Crippen molar-refractivity contribution in [3.05, 3.63) is 83.4 Å². The number of nitrogens with zero attached hydrogens (tertiary/aromatic N) is 4. The van der Waals surface area contributed by atoms with Crippen LogP contribution in [0, 0.1) is 5.82 Å². The summed E-state index contributed by atoms with van der Waals surface area (Å²) in [5, 5.41) is 12.5. The summed E-state index contributed by atoms with van der Waals surface area (Å²) in [5.41, 5.74) is 8.43. The Hall–Kier alpha value is -3.80. The smallest absolute Gasteiger partial charge is 0.143 e. The molecule has 0 unspecified atom stereocenters. The summed E-state index contributed by atoms with van der Waals surface area (Å²) in [4.78, 5) is 3.46. The van der Waals surface area contributed by atoms with Gasteiger partial charge in [-0.3, -0.25) is 0 Å². The maximum absolute atomic E-state index is 15.8. The highest BCUT2D eigenvalue weighted by Crippen LogP contribution is 2.44. The average molecular weight is 423 g/mol. The first-order chi connectivity index (χ1) is 15.7. The third-order valence-electron chi connectivity index (χ3n) is 6.43. The fourth-order valence-electron chi connectivity index (χ4n) is 4.73. The normalized spacial score (nSPS) is 12.3. The van der Waals surface area contributed by atoms with Crippen molar-refractivity contribution in [1.82, 2.24) is 25.2 Å². The number of H-pyrrole nitrogens is 1. The number of rotatable bonds is 5. The van der Waals surface area contributed by atoms with Crippen molar-refractivity contribution < 1.29 is 4.39 Å². The van der Waals surface area contributed by atoms with E-state index in [2.05, 4.69) is 51.7 Å². The van der Waals surface area contributed by atoms with Crippen molar-refractivity contribution in [2.45, 2.75) is 32.6 Å². The SMILES string of the molecule is CCCCc1ccc(-c2ccc3c(c2F)-c2[nH]c4ccc(-n5cnnn5)cc4c2C3)cc1. The number of hydrogen-bond acceptors (Lipinski definition) is 3. The van der Waals surface area contributed by atoms with Crippen LogP contribution in [0.1, 0.15) is 36.5 Å². The molecule has 1 aliphatic rings. The summed E-state index contributed by atoms with van der Waals surface area (Å²) in [6, 6.07) is 18.3. The number of aromatic nitrogens is 5. The topological polar surface area (TPSA) is 59.4 Å².